The van der Waals surface area contributed by atoms with Crippen LogP contribution in [0.1, 0.15) is 33.3 Å². The minimum Gasteiger partial charge on any atom is -0.477 e. The van der Waals surface area contributed by atoms with Gasteiger partial charge in [0, 0.05) is 18.1 Å². The van der Waals surface area contributed by atoms with Crippen LogP contribution in [0.2, 0.25) is 0 Å². The standard InChI is InChI=1S/C11H16N2O2S2/c1-3-7-9(11(14)15)17-10(12-7)8-6-16-5-4-13(8)2/h8H,3-6H2,1-2H3,(H,14,15). The molecule has 1 atom stereocenters. The molecule has 6 heteroatoms. The van der Waals surface area contributed by atoms with Gasteiger partial charge >= 0.3 is 5.97 Å². The second-order valence-corrected chi connectivity index (χ2v) is 6.24. The van der Waals surface area contributed by atoms with Crippen molar-refractivity contribution in [2.24, 2.45) is 0 Å². The van der Waals surface area contributed by atoms with Gasteiger partial charge in [-0.15, -0.1) is 11.3 Å². The number of carboxylic acid groups (broad SMARTS) is 1. The van der Waals surface area contributed by atoms with Crippen LogP contribution in [0.25, 0.3) is 0 Å². The van der Waals surface area contributed by atoms with E-state index in [1.807, 2.05) is 18.7 Å². The van der Waals surface area contributed by atoms with Crippen molar-refractivity contribution in [3.63, 3.8) is 0 Å². The van der Waals surface area contributed by atoms with Gasteiger partial charge < -0.3 is 5.11 Å². The van der Waals surface area contributed by atoms with E-state index in [4.69, 9.17) is 5.11 Å². The lowest BCUT2D eigenvalue weighted by Gasteiger charge is -2.30. The molecule has 1 N–H and O–H groups in total. The topological polar surface area (TPSA) is 53.4 Å². The van der Waals surface area contributed by atoms with Crippen molar-refractivity contribution in [1.82, 2.24) is 9.88 Å². The van der Waals surface area contributed by atoms with Gasteiger partial charge in [-0.05, 0) is 13.5 Å². The quantitative estimate of drug-likeness (QED) is 0.913. The highest BCUT2D eigenvalue weighted by molar-refractivity contribution is 7.99. The van der Waals surface area contributed by atoms with Crippen LogP contribution in [-0.2, 0) is 6.42 Å². The molecule has 17 heavy (non-hydrogen) atoms. The maximum Gasteiger partial charge on any atom is 0.347 e. The first-order valence-electron chi connectivity index (χ1n) is 5.64. The van der Waals surface area contributed by atoms with E-state index < -0.39 is 5.97 Å². The Morgan fingerprint density at radius 2 is 2.41 bits per heavy atom. The lowest BCUT2D eigenvalue weighted by Crippen LogP contribution is -2.32. The van der Waals surface area contributed by atoms with Crippen LogP contribution >= 0.6 is 23.1 Å². The lowest BCUT2D eigenvalue weighted by atomic mass is 10.3. The van der Waals surface area contributed by atoms with Gasteiger partial charge in [0.15, 0.2) is 0 Å². The number of thiazole rings is 1. The van der Waals surface area contributed by atoms with Gasteiger partial charge in [-0.3, -0.25) is 4.90 Å². The summed E-state index contributed by atoms with van der Waals surface area (Å²) in [6.07, 6.45) is 0.682. The molecule has 1 fully saturated rings. The number of nitrogens with zero attached hydrogens (tertiary/aromatic N) is 2. The summed E-state index contributed by atoms with van der Waals surface area (Å²) in [7, 11) is 2.08. The summed E-state index contributed by atoms with van der Waals surface area (Å²) in [5.74, 6) is 1.30. The van der Waals surface area contributed by atoms with Crippen LogP contribution in [0.5, 0.6) is 0 Å². The molecule has 1 aliphatic heterocycles. The Morgan fingerprint density at radius 1 is 1.65 bits per heavy atom. The van der Waals surface area contributed by atoms with E-state index in [0.29, 0.717) is 11.3 Å². The van der Waals surface area contributed by atoms with Crippen LogP contribution in [0, 0.1) is 0 Å². The van der Waals surface area contributed by atoms with Crippen molar-refractivity contribution in [2.75, 3.05) is 25.1 Å². The number of aromatic carboxylic acids is 1. The molecular weight excluding hydrogens is 256 g/mol. The zero-order chi connectivity index (χ0) is 12.4. The third kappa shape index (κ3) is 2.64. The van der Waals surface area contributed by atoms with Crippen molar-refractivity contribution >= 4 is 29.1 Å². The molecule has 0 saturated carbocycles. The average Bonchev–Trinajstić information content (AvgIpc) is 2.73. The first-order chi connectivity index (χ1) is 8.13. The zero-order valence-corrected chi connectivity index (χ0v) is 11.6. The SMILES string of the molecule is CCc1nc(C2CSCCN2C)sc1C(=O)O. The molecule has 0 bridgehead atoms. The largest absolute Gasteiger partial charge is 0.477 e. The van der Waals surface area contributed by atoms with Gasteiger partial charge in [0.05, 0.1) is 11.7 Å². The van der Waals surface area contributed by atoms with Crippen molar-refractivity contribution in [2.45, 2.75) is 19.4 Å². The molecule has 0 aromatic carbocycles. The van der Waals surface area contributed by atoms with Crippen LogP contribution in [0.4, 0.5) is 0 Å². The van der Waals surface area contributed by atoms with Gasteiger partial charge in [-0.25, -0.2) is 9.78 Å². The maximum atomic E-state index is 11.1. The molecule has 0 amide bonds. The second-order valence-electron chi connectivity index (χ2n) is 4.06. The summed E-state index contributed by atoms with van der Waals surface area (Å²) >= 11 is 3.25. The molecule has 1 aliphatic rings. The minimum absolute atomic E-state index is 0.275. The van der Waals surface area contributed by atoms with E-state index in [0.717, 1.165) is 28.8 Å². The van der Waals surface area contributed by atoms with Gasteiger partial charge in [0.1, 0.15) is 9.88 Å². The molecule has 94 valence electrons. The Morgan fingerprint density at radius 3 is 2.94 bits per heavy atom. The summed E-state index contributed by atoms with van der Waals surface area (Å²) in [6.45, 7) is 2.99. The number of carboxylic acids is 1. The zero-order valence-electron chi connectivity index (χ0n) is 9.97. The number of hydrogen-bond acceptors (Lipinski definition) is 5. The van der Waals surface area contributed by atoms with Crippen LogP contribution in [-0.4, -0.2) is 46.1 Å². The highest BCUT2D eigenvalue weighted by Gasteiger charge is 2.26. The normalized spacial score (nSPS) is 21.6. The monoisotopic (exact) mass is 272 g/mol. The molecule has 0 aliphatic carbocycles. The third-order valence-electron chi connectivity index (χ3n) is 2.92. The fraction of sp³-hybridized carbons (Fsp3) is 0.636. The number of aryl methyl sites for hydroxylation is 1. The lowest BCUT2D eigenvalue weighted by molar-refractivity contribution is 0.0701. The molecule has 1 aromatic heterocycles. The highest BCUT2D eigenvalue weighted by Crippen LogP contribution is 2.32. The number of rotatable bonds is 3. The Hall–Kier alpha value is -0.590. The van der Waals surface area contributed by atoms with E-state index in [9.17, 15) is 4.79 Å². The fourth-order valence-corrected chi connectivity index (χ4v) is 4.35. The Labute approximate surface area is 109 Å². The summed E-state index contributed by atoms with van der Waals surface area (Å²) in [4.78, 5) is 18.3. The number of aromatic nitrogens is 1. The molecule has 0 spiro atoms. The van der Waals surface area contributed by atoms with Gasteiger partial charge in [-0.1, -0.05) is 6.92 Å². The Balaban J connectivity index is 2.29. The molecule has 4 nitrogen and oxygen atoms in total. The van der Waals surface area contributed by atoms with Crippen molar-refractivity contribution < 1.29 is 9.90 Å². The molecule has 1 unspecified atom stereocenters. The maximum absolute atomic E-state index is 11.1. The predicted molar refractivity (Wildman–Crippen MR) is 71.1 cm³/mol. The van der Waals surface area contributed by atoms with E-state index >= 15 is 0 Å². The highest BCUT2D eigenvalue weighted by atomic mass is 32.2. The van der Waals surface area contributed by atoms with Crippen molar-refractivity contribution in [3.05, 3.63) is 15.6 Å². The average molecular weight is 272 g/mol. The predicted octanol–water partition coefficient (Wildman–Crippen LogP) is 2.12. The Kier molecular flexibility index (Phi) is 4.06. The third-order valence-corrected chi connectivity index (χ3v) is 5.13. The number of hydrogen-bond donors (Lipinski definition) is 1. The minimum atomic E-state index is -0.850. The van der Waals surface area contributed by atoms with Crippen LogP contribution in [0.15, 0.2) is 0 Å². The van der Waals surface area contributed by atoms with E-state index in [1.54, 1.807) is 0 Å². The summed E-state index contributed by atoms with van der Waals surface area (Å²) < 4.78 is 0. The van der Waals surface area contributed by atoms with Crippen LogP contribution in [0.3, 0.4) is 0 Å². The molecule has 2 heterocycles. The van der Waals surface area contributed by atoms with Gasteiger partial charge in [0.2, 0.25) is 0 Å². The number of carbonyl (C=O) groups is 1. The van der Waals surface area contributed by atoms with E-state index in [1.165, 1.54) is 11.3 Å². The molecule has 0 radical (unpaired) electrons. The summed E-state index contributed by atoms with van der Waals surface area (Å²) in [5.41, 5.74) is 0.724. The summed E-state index contributed by atoms with van der Waals surface area (Å²) in [6, 6.07) is 0.275. The summed E-state index contributed by atoms with van der Waals surface area (Å²) in [5, 5.41) is 10.1. The fourth-order valence-electron chi connectivity index (χ4n) is 1.87. The smallest absolute Gasteiger partial charge is 0.347 e. The van der Waals surface area contributed by atoms with Gasteiger partial charge in [-0.2, -0.15) is 11.8 Å². The molecule has 1 saturated heterocycles. The second kappa shape index (κ2) is 5.37. The molecule has 2 rings (SSSR count). The number of thioether (sulfide) groups is 1. The van der Waals surface area contributed by atoms with Crippen LogP contribution < -0.4 is 0 Å². The molecular formula is C11H16N2O2S2. The van der Waals surface area contributed by atoms with Gasteiger partial charge in [0.25, 0.3) is 0 Å². The molecule has 1 aromatic rings. The first kappa shape index (κ1) is 12.9. The van der Waals surface area contributed by atoms with E-state index in [-0.39, 0.29) is 6.04 Å². The van der Waals surface area contributed by atoms with E-state index in [2.05, 4.69) is 16.9 Å². The Bertz CT molecular complexity index is 420. The van der Waals surface area contributed by atoms with Crippen molar-refractivity contribution in [3.8, 4) is 0 Å². The first-order valence-corrected chi connectivity index (χ1v) is 7.61. The van der Waals surface area contributed by atoms with Crippen molar-refractivity contribution in [1.29, 1.82) is 0 Å².